The summed E-state index contributed by atoms with van der Waals surface area (Å²) in [6.07, 6.45) is 32.6. The van der Waals surface area contributed by atoms with Gasteiger partial charge >= 0.3 is 0 Å². The lowest BCUT2D eigenvalue weighted by molar-refractivity contribution is -0.138. The summed E-state index contributed by atoms with van der Waals surface area (Å²) in [6, 6.07) is -0.337. The molecule has 0 aliphatic heterocycles. The maximum Gasteiger partial charge on any atom is 0.237 e. The zero-order valence-electron chi connectivity index (χ0n) is 38.3. The summed E-state index contributed by atoms with van der Waals surface area (Å²) < 4.78 is 0. The molecule has 0 aliphatic carbocycles. The number of likely N-dealkylation sites (N-methyl/N-ethyl adjacent to an activating group) is 2. The fraction of sp³-hybridized carbons (Fsp3) is 0.936. The van der Waals surface area contributed by atoms with Gasteiger partial charge in [0.1, 0.15) is 0 Å². The van der Waals surface area contributed by atoms with Crippen LogP contribution in [0.15, 0.2) is 0 Å². The van der Waals surface area contributed by atoms with E-state index in [1.807, 2.05) is 42.9 Å². The van der Waals surface area contributed by atoms with Gasteiger partial charge in [-0.2, -0.15) is 0 Å². The van der Waals surface area contributed by atoms with Crippen molar-refractivity contribution in [3.8, 4) is 0 Å². The molecule has 0 spiro atoms. The molecule has 0 rings (SSSR count). The fourth-order valence-electron chi connectivity index (χ4n) is 7.86. The molecular weight excluding hydrogens is 683 g/mol. The van der Waals surface area contributed by atoms with Crippen molar-refractivity contribution in [2.45, 2.75) is 220 Å². The Balaban J connectivity index is 5.33. The normalized spacial score (nSPS) is 13.4. The van der Waals surface area contributed by atoms with E-state index >= 15 is 0 Å². The summed E-state index contributed by atoms with van der Waals surface area (Å²) >= 11 is 0. The van der Waals surface area contributed by atoms with E-state index in [4.69, 9.17) is 0 Å². The van der Waals surface area contributed by atoms with Crippen LogP contribution < -0.4 is 10.6 Å². The third-order valence-corrected chi connectivity index (χ3v) is 11.7. The quantitative estimate of drug-likeness (QED) is 0.0607. The lowest BCUT2D eigenvalue weighted by Crippen LogP contribution is -2.50. The molecule has 55 heavy (non-hydrogen) atoms. The van der Waals surface area contributed by atoms with Crippen LogP contribution in [0.25, 0.3) is 0 Å². The molecule has 3 atom stereocenters. The maximum atomic E-state index is 14.2. The highest BCUT2D eigenvalue weighted by Gasteiger charge is 2.28. The van der Waals surface area contributed by atoms with E-state index in [9.17, 15) is 14.4 Å². The highest BCUT2D eigenvalue weighted by atomic mass is 16.2. The van der Waals surface area contributed by atoms with Crippen LogP contribution in [-0.4, -0.2) is 98.9 Å². The first-order valence-corrected chi connectivity index (χ1v) is 23.7. The van der Waals surface area contributed by atoms with Crippen molar-refractivity contribution in [2.75, 3.05) is 54.4 Å². The SMILES string of the molecule is CCCCCCCCCCC(C(=O)N(CCNC(=O)C(CCCCCCCCCC)N(C)C)CCNC(=O)C(CCCCCCCCCC)N(C)C)C(C)C. The lowest BCUT2D eigenvalue weighted by Gasteiger charge is -2.31. The van der Waals surface area contributed by atoms with Gasteiger partial charge in [-0.3, -0.25) is 24.2 Å². The molecule has 0 aromatic carbocycles. The van der Waals surface area contributed by atoms with Gasteiger partial charge in [-0.05, 0) is 53.4 Å². The number of nitrogens with one attached hydrogen (secondary N) is 2. The standard InChI is InChI=1S/C47H95N5O3/c1-10-13-16-19-22-25-28-31-34-42(41(4)5)47(55)52(39-37-48-45(53)43(50(6)7)35-32-29-26-23-20-17-14-11-2)40-38-49-46(54)44(51(8)9)36-33-30-27-24-21-18-15-12-3/h41-44H,10-40H2,1-9H3,(H,48,53)(H,49,54). The maximum absolute atomic E-state index is 14.2. The van der Waals surface area contributed by atoms with Gasteiger partial charge < -0.3 is 15.5 Å². The number of hydrogen-bond donors (Lipinski definition) is 2. The number of rotatable bonds is 39. The second kappa shape index (κ2) is 36.7. The van der Waals surface area contributed by atoms with E-state index in [-0.39, 0.29) is 41.6 Å². The van der Waals surface area contributed by atoms with Crippen molar-refractivity contribution < 1.29 is 14.4 Å². The number of nitrogens with zero attached hydrogens (tertiary/aromatic N) is 3. The Labute approximate surface area is 342 Å². The Kier molecular flexibility index (Phi) is 35.5. The van der Waals surface area contributed by atoms with Crippen molar-refractivity contribution in [1.29, 1.82) is 0 Å². The van der Waals surface area contributed by atoms with Crippen LogP contribution in [0.1, 0.15) is 208 Å². The Morgan fingerprint density at radius 3 is 1.02 bits per heavy atom. The predicted octanol–water partition coefficient (Wildman–Crippen LogP) is 10.8. The molecule has 3 unspecified atom stereocenters. The van der Waals surface area contributed by atoms with Crippen LogP contribution in [0.3, 0.4) is 0 Å². The number of unbranched alkanes of at least 4 members (excludes halogenated alkanes) is 21. The summed E-state index contributed by atoms with van der Waals surface area (Å²) in [6.45, 7) is 12.8. The first-order valence-electron chi connectivity index (χ1n) is 23.7. The molecule has 0 aromatic heterocycles. The Morgan fingerprint density at radius 2 is 0.727 bits per heavy atom. The molecule has 0 heterocycles. The molecule has 0 saturated carbocycles. The fourth-order valence-corrected chi connectivity index (χ4v) is 7.86. The van der Waals surface area contributed by atoms with Crippen molar-refractivity contribution in [3.05, 3.63) is 0 Å². The van der Waals surface area contributed by atoms with E-state index in [2.05, 4.69) is 45.3 Å². The highest BCUT2D eigenvalue weighted by Crippen LogP contribution is 2.23. The predicted molar refractivity (Wildman–Crippen MR) is 238 cm³/mol. The Hall–Kier alpha value is -1.67. The highest BCUT2D eigenvalue weighted by molar-refractivity contribution is 5.82. The minimum Gasteiger partial charge on any atom is -0.353 e. The average molecular weight is 778 g/mol. The first-order chi connectivity index (χ1) is 26.5. The molecule has 8 nitrogen and oxygen atoms in total. The van der Waals surface area contributed by atoms with Gasteiger partial charge in [0.15, 0.2) is 0 Å². The second-order valence-corrected chi connectivity index (χ2v) is 17.5. The Morgan fingerprint density at radius 1 is 0.436 bits per heavy atom. The molecule has 0 radical (unpaired) electrons. The first kappa shape index (κ1) is 53.3. The van der Waals surface area contributed by atoms with E-state index in [1.54, 1.807) is 0 Å². The van der Waals surface area contributed by atoms with Crippen molar-refractivity contribution in [1.82, 2.24) is 25.3 Å². The lowest BCUT2D eigenvalue weighted by atomic mass is 9.88. The van der Waals surface area contributed by atoms with Gasteiger partial charge in [-0.1, -0.05) is 189 Å². The zero-order valence-corrected chi connectivity index (χ0v) is 38.3. The van der Waals surface area contributed by atoms with Crippen LogP contribution >= 0.6 is 0 Å². The van der Waals surface area contributed by atoms with E-state index in [0.29, 0.717) is 26.2 Å². The molecule has 0 saturated heterocycles. The Bertz CT molecular complexity index is 861. The topological polar surface area (TPSA) is 85.0 Å². The van der Waals surface area contributed by atoms with Crippen LogP contribution in [0.2, 0.25) is 0 Å². The largest absolute Gasteiger partial charge is 0.353 e. The van der Waals surface area contributed by atoms with Crippen molar-refractivity contribution in [3.63, 3.8) is 0 Å². The van der Waals surface area contributed by atoms with Crippen LogP contribution in [0.4, 0.5) is 0 Å². The molecule has 2 N–H and O–H groups in total. The summed E-state index contributed by atoms with van der Waals surface area (Å²) in [5.41, 5.74) is 0. The number of carbonyl (C=O) groups excluding carboxylic acids is 3. The zero-order chi connectivity index (χ0) is 41.1. The number of amides is 3. The van der Waals surface area contributed by atoms with Gasteiger partial charge in [0.2, 0.25) is 17.7 Å². The van der Waals surface area contributed by atoms with Crippen LogP contribution in [0, 0.1) is 11.8 Å². The summed E-state index contributed by atoms with van der Waals surface area (Å²) in [7, 11) is 7.95. The smallest absolute Gasteiger partial charge is 0.237 e. The molecule has 0 fully saturated rings. The van der Waals surface area contributed by atoms with E-state index in [1.165, 1.54) is 135 Å². The van der Waals surface area contributed by atoms with E-state index in [0.717, 1.165) is 38.5 Å². The van der Waals surface area contributed by atoms with Gasteiger partial charge in [-0.15, -0.1) is 0 Å². The van der Waals surface area contributed by atoms with Gasteiger partial charge in [0.05, 0.1) is 12.1 Å². The summed E-state index contributed by atoms with van der Waals surface area (Å²) in [5.74, 6) is 0.427. The minimum atomic E-state index is -0.169. The average Bonchev–Trinajstić information content (AvgIpc) is 3.14. The molecule has 326 valence electrons. The minimum absolute atomic E-state index is 0.0442. The second-order valence-electron chi connectivity index (χ2n) is 17.5. The monoisotopic (exact) mass is 778 g/mol. The van der Waals surface area contributed by atoms with E-state index < -0.39 is 0 Å². The molecule has 3 amide bonds. The van der Waals surface area contributed by atoms with Gasteiger partial charge in [0.25, 0.3) is 0 Å². The van der Waals surface area contributed by atoms with Crippen LogP contribution in [-0.2, 0) is 14.4 Å². The third kappa shape index (κ3) is 28.4. The number of carbonyl (C=O) groups is 3. The molecule has 8 heteroatoms. The third-order valence-electron chi connectivity index (χ3n) is 11.7. The number of hydrogen-bond acceptors (Lipinski definition) is 5. The molecule has 0 aliphatic rings. The molecular formula is C47H95N5O3. The van der Waals surface area contributed by atoms with Crippen molar-refractivity contribution in [2.24, 2.45) is 11.8 Å². The van der Waals surface area contributed by atoms with Crippen molar-refractivity contribution >= 4 is 17.7 Å². The molecule has 0 aromatic rings. The van der Waals surface area contributed by atoms with Crippen LogP contribution in [0.5, 0.6) is 0 Å². The summed E-state index contributed by atoms with van der Waals surface area (Å²) in [5, 5.41) is 6.37. The molecule has 0 bridgehead atoms. The van der Waals surface area contributed by atoms with Gasteiger partial charge in [-0.25, -0.2) is 0 Å². The van der Waals surface area contributed by atoms with Gasteiger partial charge in [0, 0.05) is 32.1 Å². The summed E-state index contributed by atoms with van der Waals surface area (Å²) in [4.78, 5) is 47.0.